The zero-order chi connectivity index (χ0) is 11.0. The molecule has 3 N–H and O–H groups in total. The first-order chi connectivity index (χ1) is 6.57. The van der Waals surface area contributed by atoms with Crippen LogP contribution in [-0.2, 0) is 0 Å². The van der Waals surface area contributed by atoms with E-state index in [9.17, 15) is 4.79 Å². The Kier molecular flexibility index (Phi) is 7.14. The minimum absolute atomic E-state index is 0.0815. The summed E-state index contributed by atoms with van der Waals surface area (Å²) in [5, 5.41) is 14.6. The molecule has 14 heavy (non-hydrogen) atoms. The van der Waals surface area contributed by atoms with Crippen molar-refractivity contribution in [3.63, 3.8) is 0 Å². The molecule has 0 heterocycles. The van der Waals surface area contributed by atoms with Gasteiger partial charge in [-0.05, 0) is 12.5 Å². The van der Waals surface area contributed by atoms with Crippen molar-refractivity contribution in [2.24, 2.45) is 5.92 Å². The third-order valence-electron chi connectivity index (χ3n) is 1.79. The molecule has 2 amide bonds. The molecule has 0 saturated carbocycles. The molecule has 1 unspecified atom stereocenters. The van der Waals surface area contributed by atoms with Gasteiger partial charge in [0.1, 0.15) is 0 Å². The fraction of sp³-hybridized carbons (Fsp3) is 0.889. The molecule has 0 fully saturated rings. The molecule has 5 nitrogen and oxygen atoms in total. The van der Waals surface area contributed by atoms with E-state index in [1.807, 2.05) is 6.92 Å². The van der Waals surface area contributed by atoms with Crippen LogP contribution in [0.25, 0.3) is 0 Å². The van der Waals surface area contributed by atoms with Crippen LogP contribution in [0.3, 0.4) is 0 Å². The summed E-state index contributed by atoms with van der Waals surface area (Å²) in [7, 11) is 3.41. The predicted octanol–water partition coefficient (Wildman–Crippen LogP) is -0.524. The molecule has 5 heteroatoms. The molecule has 84 valence electrons. The van der Waals surface area contributed by atoms with Crippen LogP contribution in [0.2, 0.25) is 0 Å². The van der Waals surface area contributed by atoms with Crippen LogP contribution in [0, 0.1) is 5.92 Å². The summed E-state index contributed by atoms with van der Waals surface area (Å²) >= 11 is 0. The summed E-state index contributed by atoms with van der Waals surface area (Å²) in [6, 6.07) is -0.0815. The summed E-state index contributed by atoms with van der Waals surface area (Å²) < 4.78 is 0. The highest BCUT2D eigenvalue weighted by molar-refractivity contribution is 5.73. The number of carbonyl (C=O) groups is 1. The SMILES string of the molecule is CC(CO)CNCCNC(=O)N(C)C. The van der Waals surface area contributed by atoms with E-state index in [4.69, 9.17) is 5.11 Å². The van der Waals surface area contributed by atoms with E-state index >= 15 is 0 Å². The van der Waals surface area contributed by atoms with Crippen molar-refractivity contribution < 1.29 is 9.90 Å². The summed E-state index contributed by atoms with van der Waals surface area (Å²) in [6.45, 7) is 4.26. The van der Waals surface area contributed by atoms with Crippen molar-refractivity contribution in [2.75, 3.05) is 40.3 Å². The largest absolute Gasteiger partial charge is 0.396 e. The second kappa shape index (κ2) is 7.58. The van der Waals surface area contributed by atoms with Crippen LogP contribution in [0.4, 0.5) is 4.79 Å². The lowest BCUT2D eigenvalue weighted by Crippen LogP contribution is -2.39. The number of nitrogens with zero attached hydrogens (tertiary/aromatic N) is 1. The molecule has 1 atom stereocenters. The Morgan fingerprint density at radius 2 is 2.07 bits per heavy atom. The van der Waals surface area contributed by atoms with Gasteiger partial charge in [-0.3, -0.25) is 0 Å². The average Bonchev–Trinajstić information content (AvgIpc) is 2.16. The van der Waals surface area contributed by atoms with E-state index in [1.54, 1.807) is 14.1 Å². The summed E-state index contributed by atoms with van der Waals surface area (Å²) in [5.74, 6) is 0.263. The molecule has 0 saturated heterocycles. The Morgan fingerprint density at radius 3 is 2.57 bits per heavy atom. The highest BCUT2D eigenvalue weighted by Gasteiger charge is 2.01. The first-order valence-electron chi connectivity index (χ1n) is 4.84. The van der Waals surface area contributed by atoms with Gasteiger partial charge >= 0.3 is 6.03 Å². The fourth-order valence-corrected chi connectivity index (χ4v) is 0.829. The third-order valence-corrected chi connectivity index (χ3v) is 1.79. The number of urea groups is 1. The predicted molar refractivity (Wildman–Crippen MR) is 56.2 cm³/mol. The standard InChI is InChI=1S/C9H21N3O2/c1-8(7-13)6-10-4-5-11-9(14)12(2)3/h8,10,13H,4-7H2,1-3H3,(H,11,14). The normalized spacial score (nSPS) is 12.3. The van der Waals surface area contributed by atoms with Crippen LogP contribution in [0.15, 0.2) is 0 Å². The highest BCUT2D eigenvalue weighted by Crippen LogP contribution is 1.87. The zero-order valence-corrected chi connectivity index (χ0v) is 9.21. The fourth-order valence-electron chi connectivity index (χ4n) is 0.829. The van der Waals surface area contributed by atoms with Crippen molar-refractivity contribution in [1.82, 2.24) is 15.5 Å². The lowest BCUT2D eigenvalue weighted by molar-refractivity contribution is 0.216. The summed E-state index contributed by atoms with van der Waals surface area (Å²) in [5.41, 5.74) is 0. The maximum absolute atomic E-state index is 11.0. The van der Waals surface area contributed by atoms with Gasteiger partial charge in [0.05, 0.1) is 0 Å². The van der Waals surface area contributed by atoms with Crippen molar-refractivity contribution in [1.29, 1.82) is 0 Å². The number of hydrogen-bond acceptors (Lipinski definition) is 3. The van der Waals surface area contributed by atoms with E-state index in [0.29, 0.717) is 6.54 Å². The van der Waals surface area contributed by atoms with Crippen molar-refractivity contribution >= 4 is 6.03 Å². The Balaban J connectivity index is 3.26. The minimum Gasteiger partial charge on any atom is -0.396 e. The molecule has 0 aromatic rings. The monoisotopic (exact) mass is 203 g/mol. The first kappa shape index (κ1) is 13.2. The van der Waals surface area contributed by atoms with Crippen LogP contribution in [0.5, 0.6) is 0 Å². The molecule has 0 aliphatic heterocycles. The van der Waals surface area contributed by atoms with E-state index < -0.39 is 0 Å². The lowest BCUT2D eigenvalue weighted by atomic mass is 10.2. The first-order valence-corrected chi connectivity index (χ1v) is 4.84. The average molecular weight is 203 g/mol. The molecule has 0 aromatic heterocycles. The van der Waals surface area contributed by atoms with Gasteiger partial charge in [-0.2, -0.15) is 0 Å². The van der Waals surface area contributed by atoms with Crippen LogP contribution in [0.1, 0.15) is 6.92 Å². The van der Waals surface area contributed by atoms with Crippen molar-refractivity contribution in [3.05, 3.63) is 0 Å². The van der Waals surface area contributed by atoms with Gasteiger partial charge in [0, 0.05) is 33.8 Å². The topological polar surface area (TPSA) is 64.6 Å². The molecular weight excluding hydrogens is 182 g/mol. The number of aliphatic hydroxyl groups is 1. The van der Waals surface area contributed by atoms with Crippen molar-refractivity contribution in [3.8, 4) is 0 Å². The van der Waals surface area contributed by atoms with Crippen molar-refractivity contribution in [2.45, 2.75) is 6.92 Å². The smallest absolute Gasteiger partial charge is 0.316 e. The van der Waals surface area contributed by atoms with Crippen LogP contribution >= 0.6 is 0 Å². The Labute approximate surface area is 85.5 Å². The second-order valence-corrected chi connectivity index (χ2v) is 3.62. The quantitative estimate of drug-likeness (QED) is 0.509. The lowest BCUT2D eigenvalue weighted by Gasteiger charge is -2.13. The summed E-state index contributed by atoms with van der Waals surface area (Å²) in [4.78, 5) is 12.5. The van der Waals surface area contributed by atoms with Gasteiger partial charge in [-0.25, -0.2) is 4.79 Å². The van der Waals surface area contributed by atoms with Gasteiger partial charge < -0.3 is 20.6 Å². The Morgan fingerprint density at radius 1 is 1.43 bits per heavy atom. The zero-order valence-electron chi connectivity index (χ0n) is 9.21. The molecule has 0 rings (SSSR count). The van der Waals surface area contributed by atoms with E-state index in [1.165, 1.54) is 4.90 Å². The Bertz CT molecular complexity index is 162. The van der Waals surface area contributed by atoms with E-state index in [0.717, 1.165) is 13.1 Å². The van der Waals surface area contributed by atoms with Gasteiger partial charge in [0.25, 0.3) is 0 Å². The molecule has 0 aromatic carbocycles. The number of amides is 2. The number of carbonyl (C=O) groups excluding carboxylic acids is 1. The molecule has 0 bridgehead atoms. The number of aliphatic hydroxyl groups excluding tert-OH is 1. The highest BCUT2D eigenvalue weighted by atomic mass is 16.3. The molecule has 0 spiro atoms. The third kappa shape index (κ3) is 6.68. The second-order valence-electron chi connectivity index (χ2n) is 3.62. The van der Waals surface area contributed by atoms with Gasteiger partial charge in [0.2, 0.25) is 0 Å². The van der Waals surface area contributed by atoms with E-state index in [2.05, 4.69) is 10.6 Å². The minimum atomic E-state index is -0.0815. The van der Waals surface area contributed by atoms with Gasteiger partial charge in [0.15, 0.2) is 0 Å². The summed E-state index contributed by atoms with van der Waals surface area (Å²) in [6.07, 6.45) is 0. The van der Waals surface area contributed by atoms with Crippen LogP contribution < -0.4 is 10.6 Å². The number of hydrogen-bond donors (Lipinski definition) is 3. The number of rotatable bonds is 6. The Hall–Kier alpha value is -0.810. The molecule has 0 radical (unpaired) electrons. The maximum atomic E-state index is 11.0. The molecule has 0 aliphatic rings. The van der Waals surface area contributed by atoms with Gasteiger partial charge in [-0.1, -0.05) is 6.92 Å². The van der Waals surface area contributed by atoms with Crippen LogP contribution in [-0.4, -0.2) is 56.4 Å². The molecular formula is C9H21N3O2. The van der Waals surface area contributed by atoms with E-state index in [-0.39, 0.29) is 18.6 Å². The molecule has 0 aliphatic carbocycles. The maximum Gasteiger partial charge on any atom is 0.316 e. The van der Waals surface area contributed by atoms with Gasteiger partial charge in [-0.15, -0.1) is 0 Å². The number of nitrogens with one attached hydrogen (secondary N) is 2.